The minimum Gasteiger partial charge on any atom is -0.454 e. The van der Waals surface area contributed by atoms with Gasteiger partial charge in [-0.3, -0.25) is 0 Å². The zero-order chi connectivity index (χ0) is 29.5. The number of hydrogen-bond donors (Lipinski definition) is 2. The zero-order valence-electron chi connectivity index (χ0n) is 24.1. The molecule has 2 N–H and O–H groups in total. The number of hydrogen-bond acceptors (Lipinski definition) is 10. The highest BCUT2D eigenvalue weighted by atomic mass is 19.1. The lowest BCUT2D eigenvalue weighted by atomic mass is 10.0. The number of pyridine rings is 1. The number of likely N-dealkylation sites (N-methyl/N-ethyl adjacent to an activating group) is 1. The fourth-order valence-corrected chi connectivity index (χ4v) is 5.17. The number of fused-ring (bicyclic) bond motifs is 2. The highest BCUT2D eigenvalue weighted by Crippen LogP contribution is 2.36. The van der Waals surface area contributed by atoms with Gasteiger partial charge in [-0.05, 0) is 62.8 Å². The molecule has 5 aromatic rings. The lowest BCUT2D eigenvalue weighted by Gasteiger charge is -2.22. The zero-order valence-corrected chi connectivity index (χ0v) is 24.1. The number of aliphatic hydroxyl groups excluding tert-OH is 1. The van der Waals surface area contributed by atoms with Crippen LogP contribution in [0.4, 0.5) is 21.7 Å². The van der Waals surface area contributed by atoms with Crippen LogP contribution in [0.5, 0.6) is 11.5 Å². The summed E-state index contributed by atoms with van der Waals surface area (Å²) in [4.78, 5) is 17.3. The van der Waals surface area contributed by atoms with Gasteiger partial charge in [0.2, 0.25) is 0 Å². The Morgan fingerprint density at radius 1 is 1.14 bits per heavy atom. The molecule has 0 aliphatic carbocycles. The van der Waals surface area contributed by atoms with Crippen LogP contribution < -0.4 is 15.0 Å². The molecule has 216 valence electrons. The molecule has 1 aliphatic rings. The van der Waals surface area contributed by atoms with Gasteiger partial charge in [0.25, 0.3) is 0 Å². The van der Waals surface area contributed by atoms with Crippen LogP contribution in [-0.4, -0.2) is 73.4 Å². The molecule has 1 saturated heterocycles. The predicted molar refractivity (Wildman–Crippen MR) is 159 cm³/mol. The van der Waals surface area contributed by atoms with E-state index in [-0.39, 0.29) is 11.7 Å². The van der Waals surface area contributed by atoms with Crippen molar-refractivity contribution >= 4 is 39.3 Å². The Balaban J connectivity index is 1.27. The Bertz CT molecular complexity index is 1820. The number of aliphatic hydroxyl groups is 1. The lowest BCUT2D eigenvalue weighted by molar-refractivity contribution is 0.218. The van der Waals surface area contributed by atoms with Crippen LogP contribution in [0.2, 0.25) is 0 Å². The lowest BCUT2D eigenvalue weighted by Crippen LogP contribution is -2.30. The molecular formula is C30H32FN9O2. The second-order valence-corrected chi connectivity index (χ2v) is 10.8. The van der Waals surface area contributed by atoms with Gasteiger partial charge < -0.3 is 25.0 Å². The molecule has 11 nitrogen and oxygen atoms in total. The minimum absolute atomic E-state index is 0.0931. The van der Waals surface area contributed by atoms with Gasteiger partial charge in [-0.1, -0.05) is 18.2 Å². The molecule has 1 fully saturated rings. The molecule has 2 aromatic carbocycles. The first-order valence-electron chi connectivity index (χ1n) is 13.6. The van der Waals surface area contributed by atoms with E-state index in [1.807, 2.05) is 31.1 Å². The quantitative estimate of drug-likeness (QED) is 0.270. The fourth-order valence-electron chi connectivity index (χ4n) is 5.17. The smallest absolute Gasteiger partial charge is 0.170 e. The summed E-state index contributed by atoms with van der Waals surface area (Å²) in [5.41, 5.74) is 4.01. The first kappa shape index (κ1) is 27.5. The third-order valence-electron chi connectivity index (χ3n) is 7.54. The largest absolute Gasteiger partial charge is 0.454 e. The van der Waals surface area contributed by atoms with E-state index in [0.29, 0.717) is 51.6 Å². The van der Waals surface area contributed by atoms with Gasteiger partial charge >= 0.3 is 0 Å². The number of aryl methyl sites for hydroxylation is 1. The summed E-state index contributed by atoms with van der Waals surface area (Å²) in [5.74, 6) is 1.34. The molecule has 0 saturated carbocycles. The maximum Gasteiger partial charge on any atom is 0.170 e. The summed E-state index contributed by atoms with van der Waals surface area (Å²) >= 11 is 0. The standard InChI is InChI=1S/C30H32FN9O2/c1-17-15-40(30(41)20(17)10-11-38(3)4)27-13-21-24(14-32-27)33-16-34-29(21)35-22-7-9-26(28(31)18(22)2)42-19-6-8-25-23(12-19)36-37-39(25)5/h6-10,12-14,16-17,30,41H,11,15H2,1-5H3,(H,33,34,35)/b20-10+/t17-,30?/m1/s1. The molecule has 0 amide bonds. The van der Waals surface area contributed by atoms with E-state index in [9.17, 15) is 5.11 Å². The van der Waals surface area contributed by atoms with E-state index >= 15 is 4.39 Å². The van der Waals surface area contributed by atoms with Gasteiger partial charge in [0.1, 0.15) is 29.2 Å². The van der Waals surface area contributed by atoms with Crippen molar-refractivity contribution < 1.29 is 14.2 Å². The van der Waals surface area contributed by atoms with Crippen LogP contribution in [0.25, 0.3) is 21.9 Å². The number of aromatic nitrogens is 6. The van der Waals surface area contributed by atoms with Crippen molar-refractivity contribution in [2.24, 2.45) is 13.0 Å². The molecule has 1 aliphatic heterocycles. The number of nitrogens with zero attached hydrogens (tertiary/aromatic N) is 8. The maximum atomic E-state index is 15.5. The normalized spacial score (nSPS) is 18.1. The molecule has 1 unspecified atom stereocenters. The number of anilines is 3. The Labute approximate surface area is 242 Å². The summed E-state index contributed by atoms with van der Waals surface area (Å²) < 4.78 is 23.0. The first-order valence-corrected chi connectivity index (χ1v) is 13.6. The van der Waals surface area contributed by atoms with Gasteiger partial charge in [0.15, 0.2) is 17.8 Å². The number of halogens is 1. The van der Waals surface area contributed by atoms with Crippen LogP contribution in [0.15, 0.2) is 60.6 Å². The van der Waals surface area contributed by atoms with E-state index in [2.05, 4.69) is 48.5 Å². The van der Waals surface area contributed by atoms with Crippen molar-refractivity contribution in [3.63, 3.8) is 0 Å². The van der Waals surface area contributed by atoms with Crippen molar-refractivity contribution in [3.8, 4) is 11.5 Å². The molecule has 4 heterocycles. The molecule has 42 heavy (non-hydrogen) atoms. The maximum absolute atomic E-state index is 15.5. The summed E-state index contributed by atoms with van der Waals surface area (Å²) in [6.45, 7) is 5.15. The predicted octanol–water partition coefficient (Wildman–Crippen LogP) is 4.55. The molecule has 3 aromatic heterocycles. The molecule has 6 rings (SSSR count). The van der Waals surface area contributed by atoms with Crippen LogP contribution in [0, 0.1) is 18.7 Å². The molecular weight excluding hydrogens is 537 g/mol. The number of nitrogens with one attached hydrogen (secondary N) is 1. The van der Waals surface area contributed by atoms with E-state index in [1.54, 1.807) is 49.1 Å². The Kier molecular flexibility index (Phi) is 7.17. The summed E-state index contributed by atoms with van der Waals surface area (Å²) in [6.07, 6.45) is 4.40. The van der Waals surface area contributed by atoms with Gasteiger partial charge in [-0.2, -0.15) is 0 Å². The molecule has 12 heteroatoms. The third kappa shape index (κ3) is 5.10. The summed E-state index contributed by atoms with van der Waals surface area (Å²) in [6, 6.07) is 10.5. The molecule has 2 atom stereocenters. The van der Waals surface area contributed by atoms with Gasteiger partial charge in [0, 0.05) is 42.8 Å². The van der Waals surface area contributed by atoms with Crippen LogP contribution in [-0.2, 0) is 7.05 Å². The topological polar surface area (TPSA) is 117 Å². The van der Waals surface area contributed by atoms with Gasteiger partial charge in [-0.15, -0.1) is 5.10 Å². The SMILES string of the molecule is Cc1c(Nc2ncnc3cnc(N4C[C@@H](C)/C(=C\CN(C)C)C4O)cc23)ccc(Oc2ccc3c(c2)nnn3C)c1F. The first-order chi connectivity index (χ1) is 20.2. The fraction of sp³-hybridized carbons (Fsp3) is 0.300. The van der Waals surface area contributed by atoms with E-state index in [4.69, 9.17) is 4.74 Å². The number of rotatable bonds is 7. The van der Waals surface area contributed by atoms with Crippen molar-refractivity contribution in [3.05, 3.63) is 72.0 Å². The van der Waals surface area contributed by atoms with Crippen molar-refractivity contribution in [2.75, 3.05) is 37.4 Å². The summed E-state index contributed by atoms with van der Waals surface area (Å²) in [5, 5.41) is 23.2. The molecule has 0 bridgehead atoms. The van der Waals surface area contributed by atoms with Gasteiger partial charge in [0.05, 0.1) is 17.2 Å². The monoisotopic (exact) mass is 569 g/mol. The van der Waals surface area contributed by atoms with Crippen molar-refractivity contribution in [1.29, 1.82) is 0 Å². The van der Waals surface area contributed by atoms with E-state index in [0.717, 1.165) is 17.6 Å². The van der Waals surface area contributed by atoms with Crippen LogP contribution >= 0.6 is 0 Å². The third-order valence-corrected chi connectivity index (χ3v) is 7.54. The van der Waals surface area contributed by atoms with E-state index in [1.165, 1.54) is 6.33 Å². The molecule has 0 radical (unpaired) electrons. The van der Waals surface area contributed by atoms with Crippen LogP contribution in [0.1, 0.15) is 12.5 Å². The van der Waals surface area contributed by atoms with Gasteiger partial charge in [-0.25, -0.2) is 24.0 Å². The van der Waals surface area contributed by atoms with Crippen LogP contribution in [0.3, 0.4) is 0 Å². The van der Waals surface area contributed by atoms with Crippen molar-refractivity contribution in [1.82, 2.24) is 34.8 Å². The molecule has 0 spiro atoms. The van der Waals surface area contributed by atoms with E-state index < -0.39 is 12.0 Å². The average Bonchev–Trinajstić information content (AvgIpc) is 3.48. The second-order valence-electron chi connectivity index (χ2n) is 10.8. The highest BCUT2D eigenvalue weighted by Gasteiger charge is 2.34. The Morgan fingerprint density at radius 3 is 2.79 bits per heavy atom. The highest BCUT2D eigenvalue weighted by molar-refractivity contribution is 5.92. The van der Waals surface area contributed by atoms with Crippen molar-refractivity contribution in [2.45, 2.75) is 20.1 Å². The number of benzene rings is 2. The Morgan fingerprint density at radius 2 is 1.98 bits per heavy atom. The summed E-state index contributed by atoms with van der Waals surface area (Å²) in [7, 11) is 5.80. The number of ether oxygens (including phenoxy) is 1. The Hall–Kier alpha value is -4.68. The average molecular weight is 570 g/mol. The second kappa shape index (κ2) is 11.0. The minimum atomic E-state index is -0.774.